The van der Waals surface area contributed by atoms with Gasteiger partial charge in [0, 0.05) is 11.3 Å². The summed E-state index contributed by atoms with van der Waals surface area (Å²) in [6.07, 6.45) is 0. The lowest BCUT2D eigenvalue weighted by Gasteiger charge is -2.05. The molecule has 0 radical (unpaired) electrons. The van der Waals surface area contributed by atoms with Crippen molar-refractivity contribution in [2.75, 3.05) is 17.0 Å². The van der Waals surface area contributed by atoms with Crippen LogP contribution >= 0.6 is 0 Å². The van der Waals surface area contributed by atoms with Gasteiger partial charge in [-0.1, -0.05) is 17.9 Å². The van der Waals surface area contributed by atoms with Crippen LogP contribution in [0.4, 0.5) is 5.69 Å². The van der Waals surface area contributed by atoms with E-state index in [1.807, 2.05) is 0 Å². The van der Waals surface area contributed by atoms with Gasteiger partial charge < -0.3 is 5.73 Å². The molecule has 0 aromatic heterocycles. The predicted molar refractivity (Wildman–Crippen MR) is 65.5 cm³/mol. The zero-order chi connectivity index (χ0) is 12.0. The summed E-state index contributed by atoms with van der Waals surface area (Å²) in [5, 5.41) is 0. The van der Waals surface area contributed by atoms with Crippen molar-refractivity contribution in [1.29, 1.82) is 0 Å². The highest BCUT2D eigenvalue weighted by Crippen LogP contribution is 2.11. The van der Waals surface area contributed by atoms with E-state index < -0.39 is 10.0 Å². The number of nitrogens with one attached hydrogen (secondary N) is 1. The van der Waals surface area contributed by atoms with Gasteiger partial charge in [-0.3, -0.25) is 4.72 Å². The zero-order valence-corrected chi connectivity index (χ0v) is 9.84. The van der Waals surface area contributed by atoms with E-state index in [-0.39, 0.29) is 12.3 Å². The molecule has 0 unspecified atom stereocenters. The number of sulfonamides is 1. The van der Waals surface area contributed by atoms with Gasteiger partial charge in [0.05, 0.1) is 12.3 Å². The fourth-order valence-corrected chi connectivity index (χ4v) is 1.70. The Hall–Kier alpha value is -1.51. The van der Waals surface area contributed by atoms with Crippen LogP contribution < -0.4 is 10.5 Å². The first-order chi connectivity index (χ1) is 7.57. The summed E-state index contributed by atoms with van der Waals surface area (Å²) in [5.74, 6) is 5.60. The highest BCUT2D eigenvalue weighted by Gasteiger charge is 2.05. The monoisotopic (exact) mass is 238 g/mol. The summed E-state index contributed by atoms with van der Waals surface area (Å²) < 4.78 is 25.1. The fourth-order valence-electron chi connectivity index (χ4n) is 1.07. The minimum atomic E-state index is -3.23. The second-order valence-electron chi connectivity index (χ2n) is 3.09. The van der Waals surface area contributed by atoms with Crippen molar-refractivity contribution in [3.8, 4) is 11.8 Å². The fraction of sp³-hybridized carbons (Fsp3) is 0.273. The van der Waals surface area contributed by atoms with E-state index >= 15 is 0 Å². The van der Waals surface area contributed by atoms with Crippen molar-refractivity contribution in [3.63, 3.8) is 0 Å². The molecule has 0 aliphatic rings. The van der Waals surface area contributed by atoms with Gasteiger partial charge in [0.2, 0.25) is 10.0 Å². The molecule has 0 heterocycles. The number of hydrogen-bond donors (Lipinski definition) is 2. The standard InChI is InChI=1S/C11H14N2O2S/c1-2-16(14,15)13-11-7-3-5-10(9-11)6-4-8-12/h3,5,7,9,13H,2,8,12H2,1H3. The van der Waals surface area contributed by atoms with E-state index in [1.165, 1.54) is 0 Å². The van der Waals surface area contributed by atoms with Gasteiger partial charge in [-0.15, -0.1) is 0 Å². The van der Waals surface area contributed by atoms with Crippen LogP contribution in [0.1, 0.15) is 12.5 Å². The summed E-state index contributed by atoms with van der Waals surface area (Å²) >= 11 is 0. The highest BCUT2D eigenvalue weighted by molar-refractivity contribution is 7.92. The SMILES string of the molecule is CCS(=O)(=O)Nc1cccc(C#CCN)c1. The van der Waals surface area contributed by atoms with Crippen molar-refractivity contribution >= 4 is 15.7 Å². The van der Waals surface area contributed by atoms with Crippen LogP contribution in [0.25, 0.3) is 0 Å². The molecule has 0 aliphatic carbocycles. The Morgan fingerprint density at radius 3 is 2.81 bits per heavy atom. The molecule has 4 nitrogen and oxygen atoms in total. The van der Waals surface area contributed by atoms with Crippen molar-refractivity contribution in [2.45, 2.75) is 6.92 Å². The molecule has 1 aromatic carbocycles. The van der Waals surface area contributed by atoms with Crippen molar-refractivity contribution in [2.24, 2.45) is 5.73 Å². The maximum Gasteiger partial charge on any atom is 0.232 e. The summed E-state index contributed by atoms with van der Waals surface area (Å²) in [4.78, 5) is 0. The molecule has 0 atom stereocenters. The Labute approximate surface area is 95.9 Å². The third kappa shape index (κ3) is 3.93. The van der Waals surface area contributed by atoms with E-state index in [1.54, 1.807) is 31.2 Å². The van der Waals surface area contributed by atoms with E-state index in [4.69, 9.17) is 5.73 Å². The maximum absolute atomic E-state index is 11.3. The molecule has 1 rings (SSSR count). The molecule has 5 heteroatoms. The molecule has 3 N–H and O–H groups in total. The van der Waals surface area contributed by atoms with E-state index in [2.05, 4.69) is 16.6 Å². The van der Waals surface area contributed by atoms with Gasteiger partial charge in [-0.05, 0) is 25.1 Å². The molecule has 0 saturated carbocycles. The predicted octanol–water partition coefficient (Wildman–Crippen LogP) is 0.758. The molecule has 0 bridgehead atoms. The average molecular weight is 238 g/mol. The van der Waals surface area contributed by atoms with Crippen LogP contribution in [0.15, 0.2) is 24.3 Å². The van der Waals surface area contributed by atoms with Gasteiger partial charge in [0.25, 0.3) is 0 Å². The topological polar surface area (TPSA) is 72.2 Å². The van der Waals surface area contributed by atoms with Gasteiger partial charge in [0.15, 0.2) is 0 Å². The van der Waals surface area contributed by atoms with Crippen molar-refractivity contribution in [1.82, 2.24) is 0 Å². The van der Waals surface area contributed by atoms with Crippen molar-refractivity contribution < 1.29 is 8.42 Å². The average Bonchev–Trinajstić information content (AvgIpc) is 2.26. The highest BCUT2D eigenvalue weighted by atomic mass is 32.2. The summed E-state index contributed by atoms with van der Waals surface area (Å²) in [6, 6.07) is 6.90. The molecule has 0 aliphatic heterocycles. The molecule has 16 heavy (non-hydrogen) atoms. The maximum atomic E-state index is 11.3. The molecule has 0 amide bonds. The van der Waals surface area contributed by atoms with Crippen LogP contribution in [0.2, 0.25) is 0 Å². The Morgan fingerprint density at radius 2 is 2.19 bits per heavy atom. The molecule has 0 spiro atoms. The normalized spacial score (nSPS) is 10.4. The molecule has 0 fully saturated rings. The largest absolute Gasteiger partial charge is 0.320 e. The quantitative estimate of drug-likeness (QED) is 0.764. The molecule has 1 aromatic rings. The second kappa shape index (κ2) is 5.54. The lowest BCUT2D eigenvalue weighted by atomic mass is 10.2. The minimum Gasteiger partial charge on any atom is -0.320 e. The third-order valence-electron chi connectivity index (χ3n) is 1.85. The Kier molecular flexibility index (Phi) is 4.35. The lowest BCUT2D eigenvalue weighted by Crippen LogP contribution is -2.14. The van der Waals surface area contributed by atoms with Gasteiger partial charge in [-0.25, -0.2) is 8.42 Å². The molecular weight excluding hydrogens is 224 g/mol. The molecular formula is C11H14N2O2S. The Balaban J connectivity index is 2.91. The first-order valence-electron chi connectivity index (χ1n) is 4.87. The number of nitrogens with two attached hydrogens (primary N) is 1. The number of benzene rings is 1. The van der Waals surface area contributed by atoms with E-state index in [9.17, 15) is 8.42 Å². The summed E-state index contributed by atoms with van der Waals surface area (Å²) in [5.41, 5.74) is 6.51. The van der Waals surface area contributed by atoms with Crippen LogP contribution in [0.3, 0.4) is 0 Å². The van der Waals surface area contributed by atoms with Gasteiger partial charge in [-0.2, -0.15) is 0 Å². The zero-order valence-electron chi connectivity index (χ0n) is 9.03. The van der Waals surface area contributed by atoms with E-state index in [0.717, 1.165) is 5.56 Å². The number of hydrogen-bond acceptors (Lipinski definition) is 3. The second-order valence-corrected chi connectivity index (χ2v) is 5.10. The van der Waals surface area contributed by atoms with Crippen molar-refractivity contribution in [3.05, 3.63) is 29.8 Å². The van der Waals surface area contributed by atoms with Crippen LogP contribution in [-0.4, -0.2) is 20.7 Å². The smallest absolute Gasteiger partial charge is 0.232 e. The van der Waals surface area contributed by atoms with Crippen LogP contribution in [0, 0.1) is 11.8 Å². The summed E-state index contributed by atoms with van der Waals surface area (Å²) in [7, 11) is -3.23. The Morgan fingerprint density at radius 1 is 1.44 bits per heavy atom. The van der Waals surface area contributed by atoms with Crippen LogP contribution in [-0.2, 0) is 10.0 Å². The minimum absolute atomic E-state index is 0.0473. The Bertz CT molecular complexity index is 512. The third-order valence-corrected chi connectivity index (χ3v) is 3.16. The van der Waals surface area contributed by atoms with Crippen LogP contribution in [0.5, 0.6) is 0 Å². The lowest BCUT2D eigenvalue weighted by molar-refractivity contribution is 0.602. The molecule has 0 saturated heterocycles. The molecule has 86 valence electrons. The van der Waals surface area contributed by atoms with E-state index in [0.29, 0.717) is 5.69 Å². The number of anilines is 1. The van der Waals surface area contributed by atoms with Gasteiger partial charge >= 0.3 is 0 Å². The van der Waals surface area contributed by atoms with Gasteiger partial charge in [0.1, 0.15) is 0 Å². The first-order valence-corrected chi connectivity index (χ1v) is 6.52. The first kappa shape index (κ1) is 12.6. The summed E-state index contributed by atoms with van der Waals surface area (Å²) in [6.45, 7) is 1.87. The number of rotatable bonds is 3.